The highest BCUT2D eigenvalue weighted by Crippen LogP contribution is 2.02. The zero-order valence-corrected chi connectivity index (χ0v) is 8.98. The maximum Gasteiger partial charge on any atom is 0.0210 e. The van der Waals surface area contributed by atoms with E-state index in [1.165, 1.54) is 25.7 Å². The lowest BCUT2D eigenvalue weighted by Crippen LogP contribution is -2.44. The first-order valence-electron chi connectivity index (χ1n) is 5.21. The van der Waals surface area contributed by atoms with Crippen LogP contribution in [0.1, 0.15) is 53.4 Å². The lowest BCUT2D eigenvalue weighted by molar-refractivity contribution is 0.364. The molecule has 74 valence electrons. The molecule has 0 saturated heterocycles. The summed E-state index contributed by atoms with van der Waals surface area (Å²) in [7, 11) is 0. The van der Waals surface area contributed by atoms with Crippen molar-refractivity contribution < 1.29 is 0 Å². The topological polar surface area (TPSA) is 24.1 Å². The van der Waals surface area contributed by atoms with Gasteiger partial charge in [-0.2, -0.15) is 0 Å². The van der Waals surface area contributed by atoms with Gasteiger partial charge < -0.3 is 0 Å². The van der Waals surface area contributed by atoms with Crippen LogP contribution in [0.25, 0.3) is 0 Å². The van der Waals surface area contributed by atoms with Crippen molar-refractivity contribution in [2.24, 2.45) is 0 Å². The molecular weight excluding hydrogens is 148 g/mol. The summed E-state index contributed by atoms with van der Waals surface area (Å²) in [4.78, 5) is 0. The lowest BCUT2D eigenvalue weighted by Gasteiger charge is -2.19. The fourth-order valence-electron chi connectivity index (χ4n) is 1.11. The molecule has 0 aromatic rings. The molecule has 1 unspecified atom stereocenters. The molecule has 2 heteroatoms. The number of hydrogen-bond donors (Lipinski definition) is 2. The van der Waals surface area contributed by atoms with Crippen LogP contribution in [0.15, 0.2) is 0 Å². The summed E-state index contributed by atoms with van der Waals surface area (Å²) in [5, 5.41) is 0. The van der Waals surface area contributed by atoms with Gasteiger partial charge >= 0.3 is 0 Å². The number of nitrogens with one attached hydrogen (secondary N) is 2. The first kappa shape index (κ1) is 11.9. The monoisotopic (exact) mass is 172 g/mol. The van der Waals surface area contributed by atoms with Crippen LogP contribution >= 0.6 is 0 Å². The molecule has 0 spiro atoms. The van der Waals surface area contributed by atoms with Crippen LogP contribution in [0.3, 0.4) is 0 Å². The van der Waals surface area contributed by atoms with Gasteiger partial charge in [0.15, 0.2) is 0 Å². The van der Waals surface area contributed by atoms with E-state index in [9.17, 15) is 0 Å². The second-order valence-corrected chi connectivity index (χ2v) is 3.69. The summed E-state index contributed by atoms with van der Waals surface area (Å²) >= 11 is 0. The van der Waals surface area contributed by atoms with Crippen LogP contribution in [0.5, 0.6) is 0 Å². The van der Waals surface area contributed by atoms with Crippen LogP contribution in [-0.2, 0) is 0 Å². The Balaban J connectivity index is 3.39. The smallest absolute Gasteiger partial charge is 0.0210 e. The SMILES string of the molecule is CCCCC(CC)NNC(C)C. The van der Waals surface area contributed by atoms with Crippen LogP contribution in [0, 0.1) is 0 Å². The molecule has 0 aromatic heterocycles. The highest BCUT2D eigenvalue weighted by Gasteiger charge is 2.03. The molecule has 0 heterocycles. The standard InChI is InChI=1S/C10H24N2/c1-5-7-8-10(6-2)12-11-9(3)4/h9-12H,5-8H2,1-4H3. The molecule has 2 nitrogen and oxygen atoms in total. The minimum Gasteiger partial charge on any atom is -0.255 e. The molecule has 0 saturated carbocycles. The summed E-state index contributed by atoms with van der Waals surface area (Å²) in [5.74, 6) is 0. The molecule has 0 amide bonds. The number of unbranched alkanes of at least 4 members (excludes halogenated alkanes) is 1. The minimum absolute atomic E-state index is 0.528. The zero-order valence-electron chi connectivity index (χ0n) is 8.98. The van der Waals surface area contributed by atoms with Gasteiger partial charge in [-0.05, 0) is 26.7 Å². The Bertz CT molecular complexity index is 91.8. The van der Waals surface area contributed by atoms with E-state index in [1.54, 1.807) is 0 Å². The molecule has 0 fully saturated rings. The van der Waals surface area contributed by atoms with Crippen molar-refractivity contribution >= 4 is 0 Å². The Kier molecular flexibility index (Phi) is 7.51. The molecular formula is C10H24N2. The third kappa shape index (κ3) is 6.62. The first-order chi connectivity index (χ1) is 5.70. The lowest BCUT2D eigenvalue weighted by atomic mass is 10.1. The Morgan fingerprint density at radius 2 is 1.75 bits per heavy atom. The highest BCUT2D eigenvalue weighted by molar-refractivity contribution is 4.62. The fraction of sp³-hybridized carbons (Fsp3) is 1.00. The Morgan fingerprint density at radius 3 is 2.17 bits per heavy atom. The van der Waals surface area contributed by atoms with E-state index in [2.05, 4.69) is 38.5 Å². The van der Waals surface area contributed by atoms with Crippen LogP contribution in [0.4, 0.5) is 0 Å². The van der Waals surface area contributed by atoms with Gasteiger partial charge in [0, 0.05) is 12.1 Å². The molecule has 2 N–H and O–H groups in total. The molecule has 0 rings (SSSR count). The van der Waals surface area contributed by atoms with Gasteiger partial charge in [0.25, 0.3) is 0 Å². The van der Waals surface area contributed by atoms with E-state index in [0.29, 0.717) is 12.1 Å². The predicted molar refractivity (Wildman–Crippen MR) is 55.0 cm³/mol. The molecule has 0 aliphatic rings. The minimum atomic E-state index is 0.528. The molecule has 0 aromatic carbocycles. The van der Waals surface area contributed by atoms with Crippen molar-refractivity contribution in [2.45, 2.75) is 65.5 Å². The van der Waals surface area contributed by atoms with Crippen LogP contribution in [0.2, 0.25) is 0 Å². The van der Waals surface area contributed by atoms with Crippen molar-refractivity contribution in [3.63, 3.8) is 0 Å². The summed E-state index contributed by atoms with van der Waals surface area (Å²) in [6.07, 6.45) is 5.11. The van der Waals surface area contributed by atoms with Gasteiger partial charge in [-0.25, -0.2) is 0 Å². The van der Waals surface area contributed by atoms with E-state index in [1.807, 2.05) is 0 Å². The highest BCUT2D eigenvalue weighted by atomic mass is 15.4. The van der Waals surface area contributed by atoms with E-state index < -0.39 is 0 Å². The van der Waals surface area contributed by atoms with Gasteiger partial charge in [-0.15, -0.1) is 0 Å². The van der Waals surface area contributed by atoms with E-state index in [-0.39, 0.29) is 0 Å². The maximum absolute atomic E-state index is 3.35. The van der Waals surface area contributed by atoms with Gasteiger partial charge in [-0.3, -0.25) is 10.9 Å². The molecule has 0 radical (unpaired) electrons. The van der Waals surface area contributed by atoms with Crippen molar-refractivity contribution in [2.75, 3.05) is 0 Å². The quantitative estimate of drug-likeness (QED) is 0.576. The second-order valence-electron chi connectivity index (χ2n) is 3.69. The largest absolute Gasteiger partial charge is 0.255 e. The Morgan fingerprint density at radius 1 is 1.08 bits per heavy atom. The van der Waals surface area contributed by atoms with Crippen molar-refractivity contribution in [3.05, 3.63) is 0 Å². The van der Waals surface area contributed by atoms with Gasteiger partial charge in [-0.1, -0.05) is 26.7 Å². The van der Waals surface area contributed by atoms with Gasteiger partial charge in [0.1, 0.15) is 0 Å². The average molecular weight is 172 g/mol. The maximum atomic E-state index is 3.35. The summed E-state index contributed by atoms with van der Waals surface area (Å²) < 4.78 is 0. The van der Waals surface area contributed by atoms with Gasteiger partial charge in [0.05, 0.1) is 0 Å². The Hall–Kier alpha value is -0.0800. The fourth-order valence-corrected chi connectivity index (χ4v) is 1.11. The van der Waals surface area contributed by atoms with Gasteiger partial charge in [0.2, 0.25) is 0 Å². The zero-order chi connectivity index (χ0) is 9.40. The number of hydrazine groups is 1. The molecule has 12 heavy (non-hydrogen) atoms. The van der Waals surface area contributed by atoms with E-state index in [4.69, 9.17) is 0 Å². The molecule has 0 bridgehead atoms. The summed E-state index contributed by atoms with van der Waals surface area (Å²) in [5.41, 5.74) is 6.61. The first-order valence-corrected chi connectivity index (χ1v) is 5.21. The molecule has 0 aliphatic heterocycles. The van der Waals surface area contributed by atoms with E-state index >= 15 is 0 Å². The summed E-state index contributed by atoms with van der Waals surface area (Å²) in [6, 6.07) is 1.17. The number of rotatable bonds is 7. The Labute approximate surface area is 77.1 Å². The third-order valence-electron chi connectivity index (χ3n) is 1.98. The normalized spacial score (nSPS) is 13.8. The number of hydrogen-bond acceptors (Lipinski definition) is 2. The van der Waals surface area contributed by atoms with Crippen molar-refractivity contribution in [1.29, 1.82) is 0 Å². The van der Waals surface area contributed by atoms with Crippen molar-refractivity contribution in [3.8, 4) is 0 Å². The molecule has 0 aliphatic carbocycles. The van der Waals surface area contributed by atoms with Crippen molar-refractivity contribution in [1.82, 2.24) is 10.9 Å². The van der Waals surface area contributed by atoms with Crippen LogP contribution < -0.4 is 10.9 Å². The van der Waals surface area contributed by atoms with Crippen LogP contribution in [-0.4, -0.2) is 12.1 Å². The third-order valence-corrected chi connectivity index (χ3v) is 1.98. The van der Waals surface area contributed by atoms with E-state index in [0.717, 1.165) is 0 Å². The second kappa shape index (κ2) is 7.56. The predicted octanol–water partition coefficient (Wildman–Crippen LogP) is 2.46. The average Bonchev–Trinajstić information content (AvgIpc) is 2.05. The molecule has 1 atom stereocenters. The summed E-state index contributed by atoms with van der Waals surface area (Å²) in [6.45, 7) is 8.77.